The van der Waals surface area contributed by atoms with Crippen LogP contribution in [0.2, 0.25) is 0 Å². The summed E-state index contributed by atoms with van der Waals surface area (Å²) in [7, 11) is 0. The average molecular weight is 460 g/mol. The molecule has 1 atom stereocenters. The molecule has 0 saturated carbocycles. The highest BCUT2D eigenvalue weighted by Gasteiger charge is 2.29. The van der Waals surface area contributed by atoms with E-state index in [9.17, 15) is 4.79 Å². The summed E-state index contributed by atoms with van der Waals surface area (Å²) in [6.07, 6.45) is 4.33. The minimum Gasteiger partial charge on any atom is -0.487 e. The number of amides is 1. The third kappa shape index (κ3) is 4.17. The van der Waals surface area contributed by atoms with Crippen molar-refractivity contribution in [3.05, 3.63) is 126 Å². The van der Waals surface area contributed by atoms with Gasteiger partial charge in [-0.2, -0.15) is 0 Å². The van der Waals surface area contributed by atoms with Gasteiger partial charge >= 0.3 is 0 Å². The number of para-hydroxylation sites is 1. The van der Waals surface area contributed by atoms with E-state index in [1.165, 1.54) is 5.56 Å². The van der Waals surface area contributed by atoms with Crippen molar-refractivity contribution in [2.24, 2.45) is 0 Å². The molecular weight excluding hydrogens is 434 g/mol. The molecule has 1 aliphatic heterocycles. The van der Waals surface area contributed by atoms with Crippen molar-refractivity contribution in [3.63, 3.8) is 0 Å². The standard InChI is InChI=1S/C30H25N3O2/c34-29-17-24(23-12-4-5-15-28(23)35-20-22-11-6-7-16-31-22)25-19-33(18-21-9-2-1-3-10-21)27-14-8-13-26(32-29)30(25)27/h1-16,19,24H,17-18,20H2,(H,32,34). The van der Waals surface area contributed by atoms with Crippen molar-refractivity contribution in [3.8, 4) is 5.75 Å². The van der Waals surface area contributed by atoms with Gasteiger partial charge in [-0.15, -0.1) is 0 Å². The summed E-state index contributed by atoms with van der Waals surface area (Å²) in [5.74, 6) is 0.658. The number of rotatable bonds is 6. The molecule has 3 heterocycles. The molecule has 3 aromatic carbocycles. The van der Waals surface area contributed by atoms with Crippen molar-refractivity contribution in [2.75, 3.05) is 5.32 Å². The molecule has 0 aliphatic carbocycles. The molecule has 1 amide bonds. The number of hydrogen-bond acceptors (Lipinski definition) is 3. The number of carbonyl (C=O) groups excluding carboxylic acids is 1. The minimum absolute atomic E-state index is 0.00726. The van der Waals surface area contributed by atoms with E-state index in [0.29, 0.717) is 13.0 Å². The summed E-state index contributed by atoms with van der Waals surface area (Å²) in [6, 6.07) is 30.4. The van der Waals surface area contributed by atoms with Gasteiger partial charge in [-0.05, 0) is 41.5 Å². The van der Waals surface area contributed by atoms with Crippen LogP contribution in [0.25, 0.3) is 10.9 Å². The summed E-state index contributed by atoms with van der Waals surface area (Å²) in [4.78, 5) is 17.3. The van der Waals surface area contributed by atoms with E-state index in [1.807, 2.05) is 54.6 Å². The summed E-state index contributed by atoms with van der Waals surface area (Å²) in [5.41, 5.74) is 6.22. The molecule has 0 fully saturated rings. The highest BCUT2D eigenvalue weighted by Crippen LogP contribution is 2.43. The Balaban J connectivity index is 1.44. The zero-order valence-corrected chi connectivity index (χ0v) is 19.2. The fourth-order valence-corrected chi connectivity index (χ4v) is 4.97. The number of hydrogen-bond donors (Lipinski definition) is 1. The number of nitrogens with one attached hydrogen (secondary N) is 1. The van der Waals surface area contributed by atoms with Crippen LogP contribution in [0, 0.1) is 0 Å². The maximum Gasteiger partial charge on any atom is 0.225 e. The van der Waals surface area contributed by atoms with Crippen molar-refractivity contribution < 1.29 is 9.53 Å². The summed E-state index contributed by atoms with van der Waals surface area (Å²) in [5, 5.41) is 4.23. The number of ether oxygens (including phenoxy) is 1. The van der Waals surface area contributed by atoms with E-state index in [1.54, 1.807) is 6.20 Å². The Hall–Kier alpha value is -4.38. The van der Waals surface area contributed by atoms with Crippen LogP contribution in [-0.2, 0) is 17.9 Å². The zero-order chi connectivity index (χ0) is 23.6. The summed E-state index contributed by atoms with van der Waals surface area (Å²) in [6.45, 7) is 1.14. The zero-order valence-electron chi connectivity index (χ0n) is 19.2. The summed E-state index contributed by atoms with van der Waals surface area (Å²) >= 11 is 0. The number of nitrogens with zero attached hydrogens (tertiary/aromatic N) is 2. The predicted molar refractivity (Wildman–Crippen MR) is 138 cm³/mol. The van der Waals surface area contributed by atoms with Crippen LogP contribution in [0.1, 0.15) is 34.7 Å². The second kappa shape index (κ2) is 9.11. The van der Waals surface area contributed by atoms with Crippen LogP contribution in [0.3, 0.4) is 0 Å². The van der Waals surface area contributed by atoms with Crippen LogP contribution >= 0.6 is 0 Å². The third-order valence-corrected chi connectivity index (χ3v) is 6.57. The first-order chi connectivity index (χ1) is 17.3. The van der Waals surface area contributed by atoms with Crippen molar-refractivity contribution >= 4 is 22.5 Å². The van der Waals surface area contributed by atoms with Gasteiger partial charge in [-0.1, -0.05) is 60.7 Å². The molecule has 5 heteroatoms. The van der Waals surface area contributed by atoms with Gasteiger partial charge in [0.1, 0.15) is 12.4 Å². The fraction of sp³-hybridized carbons (Fsp3) is 0.133. The molecule has 0 bridgehead atoms. The third-order valence-electron chi connectivity index (χ3n) is 6.57. The number of anilines is 1. The van der Waals surface area contributed by atoms with Gasteiger partial charge in [0, 0.05) is 42.2 Å². The molecule has 2 aromatic heterocycles. The van der Waals surface area contributed by atoms with Crippen LogP contribution in [0.4, 0.5) is 5.69 Å². The van der Waals surface area contributed by atoms with E-state index in [4.69, 9.17) is 4.74 Å². The minimum atomic E-state index is -0.127. The first-order valence-corrected chi connectivity index (χ1v) is 11.8. The van der Waals surface area contributed by atoms with Crippen LogP contribution in [-0.4, -0.2) is 15.5 Å². The quantitative estimate of drug-likeness (QED) is 0.332. The lowest BCUT2D eigenvalue weighted by Crippen LogP contribution is -2.14. The van der Waals surface area contributed by atoms with Gasteiger partial charge in [0.25, 0.3) is 0 Å². The maximum atomic E-state index is 13.0. The molecule has 172 valence electrons. The first kappa shape index (κ1) is 21.2. The number of pyridine rings is 1. The van der Waals surface area contributed by atoms with Gasteiger partial charge < -0.3 is 14.6 Å². The topological polar surface area (TPSA) is 56.1 Å². The maximum absolute atomic E-state index is 13.0. The SMILES string of the molecule is O=C1CC(c2ccccc2OCc2ccccn2)c2cn(Cc3ccccc3)c3cccc(c23)N1. The Morgan fingerprint density at radius 1 is 0.886 bits per heavy atom. The van der Waals surface area contributed by atoms with Crippen LogP contribution < -0.4 is 10.1 Å². The van der Waals surface area contributed by atoms with Crippen LogP contribution in [0.5, 0.6) is 5.75 Å². The monoisotopic (exact) mass is 459 g/mol. The lowest BCUT2D eigenvalue weighted by molar-refractivity contribution is -0.116. The molecule has 1 N–H and O–H groups in total. The van der Waals surface area contributed by atoms with Crippen LogP contribution in [0.15, 0.2) is 103 Å². The van der Waals surface area contributed by atoms with E-state index in [0.717, 1.165) is 45.7 Å². The molecule has 5 nitrogen and oxygen atoms in total. The largest absolute Gasteiger partial charge is 0.487 e. The molecule has 1 unspecified atom stereocenters. The Bertz CT molecular complexity index is 1490. The average Bonchev–Trinajstić information content (AvgIpc) is 3.19. The highest BCUT2D eigenvalue weighted by atomic mass is 16.5. The van der Waals surface area contributed by atoms with Gasteiger partial charge in [0.15, 0.2) is 0 Å². The van der Waals surface area contributed by atoms with Crippen molar-refractivity contribution in [2.45, 2.75) is 25.5 Å². The highest BCUT2D eigenvalue weighted by molar-refractivity contribution is 6.06. The fourth-order valence-electron chi connectivity index (χ4n) is 4.97. The van der Waals surface area contributed by atoms with E-state index in [2.05, 4.69) is 57.5 Å². The Kier molecular flexibility index (Phi) is 5.51. The Labute approximate surface area is 204 Å². The van der Waals surface area contributed by atoms with Crippen molar-refractivity contribution in [1.82, 2.24) is 9.55 Å². The lowest BCUT2D eigenvalue weighted by atomic mass is 9.88. The molecule has 0 spiro atoms. The number of carbonyl (C=O) groups is 1. The van der Waals surface area contributed by atoms with E-state index < -0.39 is 0 Å². The Morgan fingerprint density at radius 3 is 2.57 bits per heavy atom. The van der Waals surface area contributed by atoms with E-state index >= 15 is 0 Å². The van der Waals surface area contributed by atoms with E-state index in [-0.39, 0.29) is 11.8 Å². The first-order valence-electron chi connectivity index (χ1n) is 11.8. The predicted octanol–water partition coefficient (Wildman–Crippen LogP) is 6.14. The summed E-state index contributed by atoms with van der Waals surface area (Å²) < 4.78 is 8.52. The van der Waals surface area contributed by atoms with Crippen molar-refractivity contribution in [1.29, 1.82) is 0 Å². The second-order valence-corrected chi connectivity index (χ2v) is 8.85. The molecular formula is C30H25N3O2. The molecule has 35 heavy (non-hydrogen) atoms. The van der Waals surface area contributed by atoms with Gasteiger partial charge in [0.2, 0.25) is 5.91 Å². The van der Waals surface area contributed by atoms with Gasteiger partial charge in [-0.3, -0.25) is 9.78 Å². The number of aromatic nitrogens is 2. The number of benzene rings is 3. The molecule has 5 aromatic rings. The molecule has 6 rings (SSSR count). The normalized spacial score (nSPS) is 15.0. The molecule has 0 saturated heterocycles. The smallest absolute Gasteiger partial charge is 0.225 e. The second-order valence-electron chi connectivity index (χ2n) is 8.85. The van der Waals surface area contributed by atoms with Gasteiger partial charge in [0.05, 0.1) is 16.9 Å². The van der Waals surface area contributed by atoms with Gasteiger partial charge in [-0.25, -0.2) is 0 Å². The molecule has 1 aliphatic rings. The molecule has 0 radical (unpaired) electrons. The Morgan fingerprint density at radius 2 is 1.71 bits per heavy atom. The lowest BCUT2D eigenvalue weighted by Gasteiger charge is -2.19.